The van der Waals surface area contributed by atoms with Gasteiger partial charge in [-0.3, -0.25) is 9.59 Å². The molecule has 2 amide bonds. The molecule has 0 atom stereocenters. The minimum Gasteiger partial charge on any atom is -0.496 e. The Bertz CT molecular complexity index is 1450. The van der Waals surface area contributed by atoms with E-state index in [1.807, 2.05) is 50.2 Å². The molecule has 7 nitrogen and oxygen atoms in total. The van der Waals surface area contributed by atoms with Gasteiger partial charge >= 0.3 is 0 Å². The molecule has 0 fully saturated rings. The minimum atomic E-state index is -0.299. The van der Waals surface area contributed by atoms with E-state index in [9.17, 15) is 9.59 Å². The number of para-hydroxylation sites is 1. The van der Waals surface area contributed by atoms with Crippen LogP contribution in [0.15, 0.2) is 77.4 Å². The van der Waals surface area contributed by atoms with Gasteiger partial charge in [-0.15, -0.1) is 0 Å². The number of carbonyl (C=O) groups is 2. The van der Waals surface area contributed by atoms with Gasteiger partial charge in [0.05, 0.1) is 20.0 Å². The molecule has 0 aliphatic rings. The normalized spacial score (nSPS) is 11.3. The third-order valence-electron chi connectivity index (χ3n) is 5.60. The van der Waals surface area contributed by atoms with Crippen molar-refractivity contribution >= 4 is 39.7 Å². The van der Waals surface area contributed by atoms with Gasteiger partial charge in [0.2, 0.25) is 11.8 Å². The molecular formula is C29H28N2O5. The number of nitrogens with one attached hydrogen (secondary N) is 2. The maximum atomic E-state index is 12.8. The number of anilines is 2. The number of fused-ring (bicyclic) bond motifs is 1. The van der Waals surface area contributed by atoms with E-state index in [-0.39, 0.29) is 11.8 Å². The number of amides is 2. The monoisotopic (exact) mass is 484 g/mol. The number of rotatable bonds is 8. The molecule has 36 heavy (non-hydrogen) atoms. The van der Waals surface area contributed by atoms with Crippen LogP contribution in [0.25, 0.3) is 27.7 Å². The average molecular weight is 485 g/mol. The van der Waals surface area contributed by atoms with Gasteiger partial charge in [-0.25, -0.2) is 0 Å². The van der Waals surface area contributed by atoms with E-state index in [1.54, 1.807) is 37.6 Å². The minimum absolute atomic E-state index is 0.181. The van der Waals surface area contributed by atoms with Crippen molar-refractivity contribution < 1.29 is 23.5 Å². The summed E-state index contributed by atoms with van der Waals surface area (Å²) in [4.78, 5) is 24.2. The molecule has 0 bridgehead atoms. The van der Waals surface area contributed by atoms with Gasteiger partial charge in [0, 0.05) is 52.5 Å². The highest BCUT2D eigenvalue weighted by atomic mass is 16.5. The lowest BCUT2D eigenvalue weighted by molar-refractivity contribution is -0.114. The van der Waals surface area contributed by atoms with Crippen molar-refractivity contribution in [3.63, 3.8) is 0 Å². The first-order valence-corrected chi connectivity index (χ1v) is 11.6. The lowest BCUT2D eigenvalue weighted by atomic mass is 9.98. The molecule has 0 unspecified atom stereocenters. The highest BCUT2D eigenvalue weighted by Crippen LogP contribution is 2.40. The molecule has 0 saturated carbocycles. The molecular weight excluding hydrogens is 456 g/mol. The van der Waals surface area contributed by atoms with Crippen molar-refractivity contribution in [3.05, 3.63) is 78.6 Å². The number of benzene rings is 3. The van der Waals surface area contributed by atoms with E-state index in [0.29, 0.717) is 29.3 Å². The van der Waals surface area contributed by atoms with Gasteiger partial charge in [-0.05, 0) is 49.8 Å². The molecule has 0 radical (unpaired) electrons. The van der Waals surface area contributed by atoms with E-state index < -0.39 is 0 Å². The zero-order valence-electron chi connectivity index (χ0n) is 20.7. The number of ether oxygens (including phenoxy) is 2. The zero-order chi connectivity index (χ0) is 25.7. The third-order valence-corrected chi connectivity index (χ3v) is 5.60. The summed E-state index contributed by atoms with van der Waals surface area (Å²) in [6.45, 7) is 5.67. The van der Waals surface area contributed by atoms with Crippen LogP contribution in [-0.2, 0) is 9.59 Å². The Morgan fingerprint density at radius 2 is 1.67 bits per heavy atom. The molecule has 0 spiro atoms. The molecule has 1 aromatic heterocycles. The molecule has 0 aliphatic heterocycles. The first-order chi connectivity index (χ1) is 17.4. The van der Waals surface area contributed by atoms with Crippen molar-refractivity contribution in [2.75, 3.05) is 24.4 Å². The second-order valence-corrected chi connectivity index (χ2v) is 8.21. The van der Waals surface area contributed by atoms with Crippen LogP contribution in [0.3, 0.4) is 0 Å². The van der Waals surface area contributed by atoms with Crippen LogP contribution in [0.1, 0.15) is 26.3 Å². The maximum absolute atomic E-state index is 12.8. The van der Waals surface area contributed by atoms with Gasteiger partial charge in [-0.2, -0.15) is 0 Å². The number of carbonyl (C=O) groups excluding carboxylic acids is 2. The predicted molar refractivity (Wildman–Crippen MR) is 142 cm³/mol. The Morgan fingerprint density at radius 1 is 0.917 bits per heavy atom. The summed E-state index contributed by atoms with van der Waals surface area (Å²) in [5, 5.41) is 6.44. The summed E-state index contributed by atoms with van der Waals surface area (Å²) in [6, 6.07) is 18.5. The molecule has 3 aromatic carbocycles. The summed E-state index contributed by atoms with van der Waals surface area (Å²) in [5.41, 5.74) is 5.16. The Labute approximate surface area is 209 Å². The topological polar surface area (TPSA) is 89.8 Å². The lowest BCUT2D eigenvalue weighted by Crippen LogP contribution is -2.10. The number of furan rings is 1. The number of methoxy groups -OCH3 is 1. The molecule has 2 N–H and O–H groups in total. The second-order valence-electron chi connectivity index (χ2n) is 8.21. The van der Waals surface area contributed by atoms with Gasteiger partial charge < -0.3 is 24.5 Å². The van der Waals surface area contributed by atoms with Crippen LogP contribution in [0.5, 0.6) is 11.5 Å². The van der Waals surface area contributed by atoms with Gasteiger partial charge in [0.1, 0.15) is 17.1 Å². The van der Waals surface area contributed by atoms with Crippen molar-refractivity contribution in [1.29, 1.82) is 0 Å². The fourth-order valence-corrected chi connectivity index (χ4v) is 4.04. The number of hydrogen-bond donors (Lipinski definition) is 2. The Balaban J connectivity index is 1.69. The molecule has 7 heteroatoms. The predicted octanol–water partition coefficient (Wildman–Crippen LogP) is 6.51. The van der Waals surface area contributed by atoms with Crippen LogP contribution in [0.4, 0.5) is 11.4 Å². The standard InChI is InChI=1S/C29H28N2O5/c1-5-35-27-16-28-24(25(17-36-28)22-11-6-7-12-26(22)34-4)15-23(27)18(2)13-29(33)31-21-10-8-9-20(14-21)30-19(3)32/h6-17H,5H2,1-4H3,(H,30,32)(H,31,33)/b18-13+. The SMILES string of the molecule is CCOc1cc2occ(-c3ccccc3OC)c2cc1/C(C)=C/C(=O)Nc1cccc(NC(C)=O)c1. The average Bonchev–Trinajstić information content (AvgIpc) is 3.26. The quantitative estimate of drug-likeness (QED) is 0.278. The Morgan fingerprint density at radius 3 is 2.39 bits per heavy atom. The summed E-state index contributed by atoms with van der Waals surface area (Å²) in [6.07, 6.45) is 3.23. The zero-order valence-corrected chi connectivity index (χ0v) is 20.7. The first-order valence-electron chi connectivity index (χ1n) is 11.6. The Kier molecular flexibility index (Phi) is 7.39. The maximum Gasteiger partial charge on any atom is 0.248 e. The van der Waals surface area contributed by atoms with Crippen molar-refractivity contribution in [2.24, 2.45) is 0 Å². The number of hydrogen-bond acceptors (Lipinski definition) is 5. The van der Waals surface area contributed by atoms with Crippen LogP contribution in [0.2, 0.25) is 0 Å². The van der Waals surface area contributed by atoms with Gasteiger partial charge in [0.25, 0.3) is 0 Å². The summed E-state index contributed by atoms with van der Waals surface area (Å²) >= 11 is 0. The van der Waals surface area contributed by atoms with E-state index in [2.05, 4.69) is 10.6 Å². The van der Waals surface area contributed by atoms with Crippen molar-refractivity contribution in [1.82, 2.24) is 0 Å². The molecule has 184 valence electrons. The summed E-state index contributed by atoms with van der Waals surface area (Å²) in [5.74, 6) is 0.885. The fourth-order valence-electron chi connectivity index (χ4n) is 4.04. The van der Waals surface area contributed by atoms with E-state index >= 15 is 0 Å². The van der Waals surface area contributed by atoms with E-state index in [1.165, 1.54) is 13.0 Å². The van der Waals surface area contributed by atoms with Crippen LogP contribution in [-0.4, -0.2) is 25.5 Å². The lowest BCUT2D eigenvalue weighted by Gasteiger charge is -2.12. The largest absolute Gasteiger partial charge is 0.496 e. The first kappa shape index (κ1) is 24.6. The molecule has 4 rings (SSSR count). The van der Waals surface area contributed by atoms with Crippen LogP contribution in [0, 0.1) is 0 Å². The molecule has 0 aliphatic carbocycles. The highest BCUT2D eigenvalue weighted by molar-refractivity contribution is 6.06. The summed E-state index contributed by atoms with van der Waals surface area (Å²) < 4.78 is 17.3. The third kappa shape index (κ3) is 5.41. The molecule has 1 heterocycles. The highest BCUT2D eigenvalue weighted by Gasteiger charge is 2.17. The van der Waals surface area contributed by atoms with Gasteiger partial charge in [-0.1, -0.05) is 24.3 Å². The smallest absolute Gasteiger partial charge is 0.248 e. The fraction of sp³-hybridized carbons (Fsp3) is 0.172. The van der Waals surface area contributed by atoms with E-state index in [0.717, 1.165) is 33.4 Å². The van der Waals surface area contributed by atoms with Crippen LogP contribution >= 0.6 is 0 Å². The van der Waals surface area contributed by atoms with Crippen molar-refractivity contribution in [2.45, 2.75) is 20.8 Å². The second kappa shape index (κ2) is 10.8. The Hall–Kier alpha value is -4.52. The molecule has 0 saturated heterocycles. The molecule has 4 aromatic rings. The summed E-state index contributed by atoms with van der Waals surface area (Å²) in [7, 11) is 1.64. The van der Waals surface area contributed by atoms with Crippen LogP contribution < -0.4 is 20.1 Å². The van der Waals surface area contributed by atoms with E-state index in [4.69, 9.17) is 13.9 Å². The number of allylic oxidation sites excluding steroid dienone is 1. The van der Waals surface area contributed by atoms with Crippen molar-refractivity contribution in [3.8, 4) is 22.6 Å². The van der Waals surface area contributed by atoms with Gasteiger partial charge in [0.15, 0.2) is 0 Å².